The largest absolute Gasteiger partial charge is 0.309 e. The number of pyridine rings is 1. The molecule has 0 aliphatic heterocycles. The van der Waals surface area contributed by atoms with E-state index in [2.05, 4.69) is 137 Å². The van der Waals surface area contributed by atoms with Crippen LogP contribution in [0.2, 0.25) is 0 Å². The molecule has 10 aromatic rings. The molecular formula is C45H29N5. The van der Waals surface area contributed by atoms with Crippen LogP contribution >= 0.6 is 0 Å². The molecule has 5 heteroatoms. The first-order chi connectivity index (χ1) is 24.8. The lowest BCUT2D eigenvalue weighted by atomic mass is 10.0. The summed E-state index contributed by atoms with van der Waals surface area (Å²) < 4.78 is 4.57. The zero-order chi connectivity index (χ0) is 33.0. The third kappa shape index (κ3) is 4.52. The minimum absolute atomic E-state index is 0.681. The van der Waals surface area contributed by atoms with Crippen LogP contribution in [0.4, 0.5) is 0 Å². The highest BCUT2D eigenvalue weighted by Crippen LogP contribution is 2.38. The van der Waals surface area contributed by atoms with Crippen LogP contribution in [-0.2, 0) is 0 Å². The topological polar surface area (TPSA) is 48.5 Å². The van der Waals surface area contributed by atoms with Crippen molar-refractivity contribution >= 4 is 43.7 Å². The van der Waals surface area contributed by atoms with Gasteiger partial charge in [0.15, 0.2) is 5.82 Å². The minimum Gasteiger partial charge on any atom is -0.309 e. The molecule has 0 amide bonds. The quantitative estimate of drug-likeness (QED) is 0.188. The minimum atomic E-state index is 0.681. The van der Waals surface area contributed by atoms with E-state index in [0.29, 0.717) is 5.82 Å². The van der Waals surface area contributed by atoms with Crippen LogP contribution in [0.1, 0.15) is 0 Å². The normalized spacial score (nSPS) is 11.6. The lowest BCUT2D eigenvalue weighted by Crippen LogP contribution is -2.02. The van der Waals surface area contributed by atoms with Crippen LogP contribution in [-0.4, -0.2) is 24.1 Å². The van der Waals surface area contributed by atoms with E-state index < -0.39 is 0 Å². The van der Waals surface area contributed by atoms with E-state index in [1.807, 2.05) is 48.7 Å². The number of benzene rings is 6. The van der Waals surface area contributed by atoms with E-state index in [1.54, 1.807) is 0 Å². The molecule has 0 atom stereocenters. The second kappa shape index (κ2) is 11.4. The van der Waals surface area contributed by atoms with Crippen molar-refractivity contribution in [1.82, 2.24) is 24.1 Å². The maximum Gasteiger partial charge on any atom is 0.162 e. The summed E-state index contributed by atoms with van der Waals surface area (Å²) in [5, 5.41) is 3.54. The van der Waals surface area contributed by atoms with E-state index >= 15 is 0 Å². The van der Waals surface area contributed by atoms with Crippen molar-refractivity contribution in [1.29, 1.82) is 0 Å². The van der Waals surface area contributed by atoms with Gasteiger partial charge in [-0.15, -0.1) is 0 Å². The molecule has 4 aromatic heterocycles. The van der Waals surface area contributed by atoms with Crippen LogP contribution in [0, 0.1) is 0 Å². The van der Waals surface area contributed by atoms with Crippen molar-refractivity contribution in [2.75, 3.05) is 0 Å². The van der Waals surface area contributed by atoms with Gasteiger partial charge in [0, 0.05) is 45.2 Å². The molecule has 10 rings (SSSR count). The molecule has 0 saturated carbocycles. The maximum atomic E-state index is 5.16. The molecule has 0 spiro atoms. The highest BCUT2D eigenvalue weighted by molar-refractivity contribution is 6.11. The standard InChI is InChI=1S/C45H29N5/c1-4-13-30(14-5-1)38-29-43(48-45(47-38)31-15-6-2-7-16-31)50-41-25-23-33(28-37(41)44-42(50)21-12-26-46-44)32-22-24-40-36(27-32)35-19-10-11-20-39(35)49(40)34-17-8-3-9-18-34/h1-29H. The predicted molar refractivity (Wildman–Crippen MR) is 205 cm³/mol. The second-order valence-electron chi connectivity index (χ2n) is 12.5. The zero-order valence-electron chi connectivity index (χ0n) is 27.0. The lowest BCUT2D eigenvalue weighted by Gasteiger charge is -2.12. The van der Waals surface area contributed by atoms with E-state index in [1.165, 1.54) is 21.8 Å². The molecule has 0 N–H and O–H groups in total. The van der Waals surface area contributed by atoms with Gasteiger partial charge in [-0.2, -0.15) is 0 Å². The number of hydrogen-bond donors (Lipinski definition) is 0. The number of fused-ring (bicyclic) bond motifs is 6. The summed E-state index contributed by atoms with van der Waals surface area (Å²) in [5.41, 5.74) is 11.7. The Hall–Kier alpha value is -6.85. The molecule has 6 aromatic carbocycles. The Morgan fingerprint density at radius 3 is 1.74 bits per heavy atom. The van der Waals surface area contributed by atoms with E-state index in [0.717, 1.165) is 61.4 Å². The van der Waals surface area contributed by atoms with Gasteiger partial charge in [0.05, 0.1) is 33.3 Å². The van der Waals surface area contributed by atoms with Gasteiger partial charge in [-0.1, -0.05) is 109 Å². The van der Waals surface area contributed by atoms with Gasteiger partial charge in [-0.25, -0.2) is 9.97 Å². The Morgan fingerprint density at radius 2 is 0.980 bits per heavy atom. The van der Waals surface area contributed by atoms with Gasteiger partial charge in [0.2, 0.25) is 0 Å². The smallest absolute Gasteiger partial charge is 0.162 e. The summed E-state index contributed by atoms with van der Waals surface area (Å²) >= 11 is 0. The molecule has 0 saturated heterocycles. The van der Waals surface area contributed by atoms with Crippen molar-refractivity contribution in [3.05, 3.63) is 176 Å². The number of nitrogens with zero attached hydrogens (tertiary/aromatic N) is 5. The average Bonchev–Trinajstić information content (AvgIpc) is 3.71. The number of rotatable bonds is 5. The highest BCUT2D eigenvalue weighted by atomic mass is 15.1. The van der Waals surface area contributed by atoms with E-state index in [4.69, 9.17) is 15.0 Å². The van der Waals surface area contributed by atoms with Crippen LogP contribution in [0.25, 0.3) is 89.0 Å². The first kappa shape index (κ1) is 28.2. The molecule has 0 bridgehead atoms. The Balaban J connectivity index is 1.17. The van der Waals surface area contributed by atoms with Crippen LogP contribution in [0.15, 0.2) is 176 Å². The van der Waals surface area contributed by atoms with Crippen molar-refractivity contribution in [2.45, 2.75) is 0 Å². The maximum absolute atomic E-state index is 5.16. The molecule has 5 nitrogen and oxygen atoms in total. The van der Waals surface area contributed by atoms with Gasteiger partial charge in [-0.3, -0.25) is 9.55 Å². The fourth-order valence-electron chi connectivity index (χ4n) is 7.29. The van der Waals surface area contributed by atoms with Crippen LogP contribution < -0.4 is 0 Å². The lowest BCUT2D eigenvalue weighted by molar-refractivity contribution is 1.05. The Bertz CT molecular complexity index is 2800. The average molecular weight is 640 g/mol. The Kier molecular flexibility index (Phi) is 6.42. The molecule has 0 unspecified atom stereocenters. The third-order valence-corrected chi connectivity index (χ3v) is 9.58. The van der Waals surface area contributed by atoms with Gasteiger partial charge < -0.3 is 4.57 Å². The first-order valence-electron chi connectivity index (χ1n) is 16.8. The molecule has 0 fully saturated rings. The molecule has 0 radical (unpaired) electrons. The second-order valence-corrected chi connectivity index (χ2v) is 12.5. The van der Waals surface area contributed by atoms with Crippen molar-refractivity contribution in [2.24, 2.45) is 0 Å². The molecule has 234 valence electrons. The van der Waals surface area contributed by atoms with Crippen LogP contribution in [0.5, 0.6) is 0 Å². The molecule has 0 aliphatic carbocycles. The fourth-order valence-corrected chi connectivity index (χ4v) is 7.29. The van der Waals surface area contributed by atoms with Crippen molar-refractivity contribution in [3.8, 4) is 45.3 Å². The molecular weight excluding hydrogens is 611 g/mol. The van der Waals surface area contributed by atoms with Crippen LogP contribution in [0.3, 0.4) is 0 Å². The number of aromatic nitrogens is 5. The summed E-state index contributed by atoms with van der Waals surface area (Å²) in [5.74, 6) is 1.48. The van der Waals surface area contributed by atoms with Crippen molar-refractivity contribution < 1.29 is 0 Å². The zero-order valence-corrected chi connectivity index (χ0v) is 27.0. The van der Waals surface area contributed by atoms with Gasteiger partial charge in [0.1, 0.15) is 5.82 Å². The monoisotopic (exact) mass is 639 g/mol. The fraction of sp³-hybridized carbons (Fsp3) is 0. The summed E-state index contributed by atoms with van der Waals surface area (Å²) in [6.07, 6.45) is 1.87. The number of para-hydroxylation sites is 2. The summed E-state index contributed by atoms with van der Waals surface area (Å²) in [6.45, 7) is 0. The van der Waals surface area contributed by atoms with Crippen molar-refractivity contribution in [3.63, 3.8) is 0 Å². The van der Waals surface area contributed by atoms with E-state index in [9.17, 15) is 0 Å². The SMILES string of the molecule is c1ccc(-c2cc(-n3c4ccc(-c5ccc6c(c5)c5ccccc5n6-c5ccccc5)cc4c4ncccc43)nc(-c3ccccc3)n2)cc1. The third-order valence-electron chi connectivity index (χ3n) is 9.58. The predicted octanol–water partition coefficient (Wildman–Crippen LogP) is 11.1. The number of hydrogen-bond acceptors (Lipinski definition) is 3. The first-order valence-corrected chi connectivity index (χ1v) is 16.8. The highest BCUT2D eigenvalue weighted by Gasteiger charge is 2.19. The van der Waals surface area contributed by atoms with Gasteiger partial charge >= 0.3 is 0 Å². The Morgan fingerprint density at radius 1 is 0.380 bits per heavy atom. The molecule has 4 heterocycles. The Labute approximate surface area is 288 Å². The molecule has 0 aliphatic rings. The summed E-state index contributed by atoms with van der Waals surface area (Å²) in [6, 6.07) is 59.4. The van der Waals surface area contributed by atoms with Gasteiger partial charge in [-0.05, 0) is 65.7 Å². The summed E-state index contributed by atoms with van der Waals surface area (Å²) in [4.78, 5) is 15.1. The molecule has 50 heavy (non-hydrogen) atoms. The van der Waals surface area contributed by atoms with Gasteiger partial charge in [0.25, 0.3) is 0 Å². The summed E-state index contributed by atoms with van der Waals surface area (Å²) in [7, 11) is 0. The van der Waals surface area contributed by atoms with E-state index in [-0.39, 0.29) is 0 Å².